The third-order valence-corrected chi connectivity index (χ3v) is 2.91. The molecule has 0 bridgehead atoms. The highest BCUT2D eigenvalue weighted by Crippen LogP contribution is 2.30. The fourth-order valence-electron chi connectivity index (χ4n) is 1.78. The lowest BCUT2D eigenvalue weighted by Gasteiger charge is -2.18. The molecule has 3 atom stereocenters. The van der Waals surface area contributed by atoms with Crippen LogP contribution in [0.3, 0.4) is 0 Å². The van der Waals surface area contributed by atoms with E-state index in [0.29, 0.717) is 17.9 Å². The molecule has 0 aromatic rings. The van der Waals surface area contributed by atoms with E-state index < -0.39 is 0 Å². The minimum atomic E-state index is -0.277. The number of nitrogens with two attached hydrogens (primary N) is 1. The molecule has 3 unspecified atom stereocenters. The molecule has 1 saturated carbocycles. The van der Waals surface area contributed by atoms with E-state index in [-0.39, 0.29) is 6.03 Å². The number of carbonyl (C=O) groups is 1. The maximum Gasteiger partial charge on any atom is 0.329 e. The Labute approximate surface area is 72.9 Å². The van der Waals surface area contributed by atoms with Gasteiger partial charge in [-0.25, -0.2) is 10.6 Å². The first-order valence-electron chi connectivity index (χ1n) is 4.42. The van der Waals surface area contributed by atoms with E-state index in [4.69, 9.17) is 5.84 Å². The summed E-state index contributed by atoms with van der Waals surface area (Å²) in [6.45, 7) is 4.38. The summed E-state index contributed by atoms with van der Waals surface area (Å²) in [5.74, 6) is 6.23. The van der Waals surface area contributed by atoms with Gasteiger partial charge in [0.15, 0.2) is 0 Å². The third-order valence-electron chi connectivity index (χ3n) is 2.91. The van der Waals surface area contributed by atoms with Gasteiger partial charge in [-0.1, -0.05) is 13.8 Å². The van der Waals surface area contributed by atoms with E-state index in [2.05, 4.69) is 24.6 Å². The maximum atomic E-state index is 10.9. The second-order valence-corrected chi connectivity index (χ2v) is 3.64. The Morgan fingerprint density at radius 2 is 2.08 bits per heavy atom. The highest BCUT2D eigenvalue weighted by atomic mass is 16.2. The van der Waals surface area contributed by atoms with E-state index in [1.54, 1.807) is 0 Å². The van der Waals surface area contributed by atoms with Crippen molar-refractivity contribution in [1.29, 1.82) is 0 Å². The molecule has 0 aliphatic heterocycles. The summed E-state index contributed by atoms with van der Waals surface area (Å²) < 4.78 is 0. The quantitative estimate of drug-likeness (QED) is 0.307. The van der Waals surface area contributed by atoms with Crippen molar-refractivity contribution in [2.24, 2.45) is 17.7 Å². The first-order valence-corrected chi connectivity index (χ1v) is 4.42. The lowest BCUT2D eigenvalue weighted by atomic mass is 9.98. The normalized spacial score (nSPS) is 34.8. The molecule has 4 nitrogen and oxygen atoms in total. The average molecular weight is 171 g/mol. The summed E-state index contributed by atoms with van der Waals surface area (Å²) >= 11 is 0. The van der Waals surface area contributed by atoms with Gasteiger partial charge < -0.3 is 5.32 Å². The van der Waals surface area contributed by atoms with Crippen LogP contribution in [-0.4, -0.2) is 12.1 Å². The molecular weight excluding hydrogens is 154 g/mol. The maximum absolute atomic E-state index is 10.9. The van der Waals surface area contributed by atoms with Crippen molar-refractivity contribution in [2.45, 2.75) is 32.7 Å². The molecule has 70 valence electrons. The Bertz CT molecular complexity index is 172. The molecule has 2 amide bonds. The van der Waals surface area contributed by atoms with Crippen LogP contribution < -0.4 is 16.6 Å². The first-order chi connectivity index (χ1) is 5.65. The SMILES string of the molecule is CC1CCC(NC(=O)NN)C1C. The number of amides is 2. The molecule has 0 spiro atoms. The summed E-state index contributed by atoms with van der Waals surface area (Å²) in [5.41, 5.74) is 2.08. The van der Waals surface area contributed by atoms with Crippen molar-refractivity contribution in [3.8, 4) is 0 Å². The van der Waals surface area contributed by atoms with Crippen molar-refractivity contribution in [3.63, 3.8) is 0 Å². The van der Waals surface area contributed by atoms with Crippen LogP contribution in [0.1, 0.15) is 26.7 Å². The highest BCUT2D eigenvalue weighted by molar-refractivity contribution is 5.73. The molecule has 1 rings (SSSR count). The van der Waals surface area contributed by atoms with Crippen LogP contribution >= 0.6 is 0 Å². The molecule has 0 aromatic heterocycles. The van der Waals surface area contributed by atoms with E-state index in [0.717, 1.165) is 6.42 Å². The molecule has 0 saturated heterocycles. The summed E-state index contributed by atoms with van der Waals surface area (Å²) in [5, 5.41) is 2.83. The number of hydrogen-bond donors (Lipinski definition) is 3. The van der Waals surface area contributed by atoms with E-state index in [1.165, 1.54) is 6.42 Å². The van der Waals surface area contributed by atoms with Gasteiger partial charge in [0.25, 0.3) is 0 Å². The van der Waals surface area contributed by atoms with Crippen molar-refractivity contribution in [2.75, 3.05) is 0 Å². The van der Waals surface area contributed by atoms with Crippen molar-refractivity contribution < 1.29 is 4.79 Å². The lowest BCUT2D eigenvalue weighted by molar-refractivity contribution is 0.233. The van der Waals surface area contributed by atoms with Crippen LogP contribution in [0.5, 0.6) is 0 Å². The molecule has 4 heteroatoms. The summed E-state index contributed by atoms with van der Waals surface area (Å²) in [4.78, 5) is 10.9. The number of carbonyl (C=O) groups excluding carboxylic acids is 1. The van der Waals surface area contributed by atoms with Crippen molar-refractivity contribution >= 4 is 6.03 Å². The second-order valence-electron chi connectivity index (χ2n) is 3.64. The molecular formula is C8H17N3O. The zero-order valence-electron chi connectivity index (χ0n) is 7.63. The van der Waals surface area contributed by atoms with Crippen LogP contribution in [0.25, 0.3) is 0 Å². The fraction of sp³-hybridized carbons (Fsp3) is 0.875. The van der Waals surface area contributed by atoms with E-state index >= 15 is 0 Å². The molecule has 0 heterocycles. The van der Waals surface area contributed by atoms with Gasteiger partial charge in [0, 0.05) is 6.04 Å². The molecule has 0 aromatic carbocycles. The Balaban J connectivity index is 2.38. The number of hydrogen-bond acceptors (Lipinski definition) is 2. The van der Waals surface area contributed by atoms with Gasteiger partial charge in [-0.2, -0.15) is 0 Å². The van der Waals surface area contributed by atoms with E-state index in [1.807, 2.05) is 0 Å². The number of rotatable bonds is 1. The zero-order valence-corrected chi connectivity index (χ0v) is 7.63. The predicted molar refractivity (Wildman–Crippen MR) is 47.2 cm³/mol. The molecule has 1 aliphatic rings. The highest BCUT2D eigenvalue weighted by Gasteiger charge is 2.30. The van der Waals surface area contributed by atoms with Crippen LogP contribution in [0.15, 0.2) is 0 Å². The Morgan fingerprint density at radius 1 is 1.42 bits per heavy atom. The zero-order chi connectivity index (χ0) is 9.14. The van der Waals surface area contributed by atoms with Gasteiger partial charge in [0.2, 0.25) is 0 Å². The van der Waals surface area contributed by atoms with Gasteiger partial charge in [-0.3, -0.25) is 5.43 Å². The van der Waals surface area contributed by atoms with Crippen LogP contribution in [-0.2, 0) is 0 Å². The van der Waals surface area contributed by atoms with E-state index in [9.17, 15) is 4.79 Å². The molecule has 0 radical (unpaired) electrons. The summed E-state index contributed by atoms with van der Waals surface area (Å²) in [6.07, 6.45) is 2.26. The van der Waals surface area contributed by atoms with Gasteiger partial charge in [-0.15, -0.1) is 0 Å². The number of hydrazine groups is 1. The number of urea groups is 1. The smallest absolute Gasteiger partial charge is 0.329 e. The monoisotopic (exact) mass is 171 g/mol. The average Bonchev–Trinajstić information content (AvgIpc) is 2.36. The second kappa shape index (κ2) is 3.76. The first kappa shape index (κ1) is 9.32. The molecule has 4 N–H and O–H groups in total. The Hall–Kier alpha value is -0.770. The minimum Gasteiger partial charge on any atom is -0.334 e. The van der Waals surface area contributed by atoms with Gasteiger partial charge in [0.1, 0.15) is 0 Å². The summed E-state index contributed by atoms with van der Waals surface area (Å²) in [6, 6.07) is 0.0181. The minimum absolute atomic E-state index is 0.277. The van der Waals surface area contributed by atoms with Crippen molar-refractivity contribution in [1.82, 2.24) is 10.7 Å². The molecule has 1 fully saturated rings. The lowest BCUT2D eigenvalue weighted by Crippen LogP contribution is -2.46. The topological polar surface area (TPSA) is 67.2 Å². The third kappa shape index (κ3) is 1.88. The van der Waals surface area contributed by atoms with Gasteiger partial charge >= 0.3 is 6.03 Å². The summed E-state index contributed by atoms with van der Waals surface area (Å²) in [7, 11) is 0. The van der Waals surface area contributed by atoms with Crippen LogP contribution in [0.2, 0.25) is 0 Å². The van der Waals surface area contributed by atoms with Gasteiger partial charge in [0.05, 0.1) is 0 Å². The molecule has 12 heavy (non-hydrogen) atoms. The van der Waals surface area contributed by atoms with Crippen LogP contribution in [0.4, 0.5) is 4.79 Å². The Kier molecular flexibility index (Phi) is 2.92. The van der Waals surface area contributed by atoms with Gasteiger partial charge in [-0.05, 0) is 24.7 Å². The van der Waals surface area contributed by atoms with Crippen LogP contribution in [0, 0.1) is 11.8 Å². The standard InChI is InChI=1S/C8H17N3O/c1-5-3-4-7(6(5)2)10-8(12)11-9/h5-7H,3-4,9H2,1-2H3,(H2,10,11,12). The number of nitrogens with one attached hydrogen (secondary N) is 2. The largest absolute Gasteiger partial charge is 0.334 e. The fourth-order valence-corrected chi connectivity index (χ4v) is 1.78. The molecule has 1 aliphatic carbocycles. The predicted octanol–water partition coefficient (Wildman–Crippen LogP) is 0.594. The Morgan fingerprint density at radius 3 is 2.50 bits per heavy atom. The van der Waals surface area contributed by atoms with Crippen molar-refractivity contribution in [3.05, 3.63) is 0 Å².